The van der Waals surface area contributed by atoms with Crippen molar-refractivity contribution in [3.05, 3.63) is 58.3 Å². The van der Waals surface area contributed by atoms with Gasteiger partial charge in [0.25, 0.3) is 0 Å². The first-order valence-electron chi connectivity index (χ1n) is 5.49. The van der Waals surface area contributed by atoms with E-state index in [0.717, 1.165) is 4.88 Å². The average Bonchev–Trinajstić information content (AvgIpc) is 2.91. The number of thiophene rings is 1. The molecule has 1 aromatic heterocycles. The Morgan fingerprint density at radius 2 is 2.06 bits per heavy atom. The van der Waals surface area contributed by atoms with E-state index in [1.165, 1.54) is 5.56 Å². The summed E-state index contributed by atoms with van der Waals surface area (Å²) in [4.78, 5) is 1.09. The molecule has 0 aliphatic rings. The van der Waals surface area contributed by atoms with Crippen LogP contribution in [0.4, 0.5) is 0 Å². The maximum Gasteiger partial charge on any atom is 0.187 e. The molecular formula is C13H13N3S2. The number of benzene rings is 1. The molecule has 92 valence electrons. The lowest BCUT2D eigenvalue weighted by Gasteiger charge is -2.06. The van der Waals surface area contributed by atoms with Crippen LogP contribution >= 0.6 is 23.6 Å². The average molecular weight is 275 g/mol. The van der Waals surface area contributed by atoms with E-state index in [1.54, 1.807) is 17.6 Å². The highest BCUT2D eigenvalue weighted by Crippen LogP contribution is 2.04. The van der Waals surface area contributed by atoms with Gasteiger partial charge in [-0.05, 0) is 29.2 Å². The van der Waals surface area contributed by atoms with Crippen LogP contribution in [-0.2, 0) is 6.54 Å². The Labute approximate surface area is 116 Å². The minimum atomic E-state index is 0.520. The van der Waals surface area contributed by atoms with Gasteiger partial charge in [0.1, 0.15) is 0 Å². The van der Waals surface area contributed by atoms with E-state index >= 15 is 0 Å². The van der Waals surface area contributed by atoms with Crippen molar-refractivity contribution < 1.29 is 0 Å². The predicted molar refractivity (Wildman–Crippen MR) is 80.9 cm³/mol. The quantitative estimate of drug-likeness (QED) is 0.512. The van der Waals surface area contributed by atoms with Gasteiger partial charge in [0.2, 0.25) is 0 Å². The van der Waals surface area contributed by atoms with Crippen molar-refractivity contribution in [2.24, 2.45) is 5.10 Å². The van der Waals surface area contributed by atoms with E-state index in [-0.39, 0.29) is 0 Å². The fraction of sp³-hybridized carbons (Fsp3) is 0.0769. The first-order chi connectivity index (χ1) is 8.84. The van der Waals surface area contributed by atoms with E-state index in [9.17, 15) is 0 Å². The zero-order valence-electron chi connectivity index (χ0n) is 9.67. The molecule has 0 saturated carbocycles. The Hall–Kier alpha value is -1.72. The molecule has 1 aromatic carbocycles. The second-order valence-electron chi connectivity index (χ2n) is 3.55. The molecule has 0 atom stereocenters. The lowest BCUT2D eigenvalue weighted by atomic mass is 10.2. The Balaban J connectivity index is 1.73. The minimum Gasteiger partial charge on any atom is -0.357 e. The van der Waals surface area contributed by atoms with Gasteiger partial charge >= 0.3 is 0 Å². The molecule has 0 amide bonds. The molecule has 0 saturated heterocycles. The van der Waals surface area contributed by atoms with Gasteiger partial charge in [-0.3, -0.25) is 5.43 Å². The van der Waals surface area contributed by atoms with Gasteiger partial charge in [0.05, 0.1) is 6.21 Å². The summed E-state index contributed by atoms with van der Waals surface area (Å²) >= 11 is 6.75. The molecule has 0 aliphatic heterocycles. The molecule has 0 unspecified atom stereocenters. The van der Waals surface area contributed by atoms with Crippen molar-refractivity contribution in [1.29, 1.82) is 0 Å². The molecule has 18 heavy (non-hydrogen) atoms. The van der Waals surface area contributed by atoms with Crippen molar-refractivity contribution >= 4 is 34.9 Å². The lowest BCUT2D eigenvalue weighted by molar-refractivity contribution is 0.869. The second-order valence-corrected chi connectivity index (χ2v) is 4.94. The Bertz CT molecular complexity index is 506. The van der Waals surface area contributed by atoms with Gasteiger partial charge in [-0.2, -0.15) is 5.10 Å². The largest absolute Gasteiger partial charge is 0.357 e. The lowest BCUT2D eigenvalue weighted by Crippen LogP contribution is -2.31. The molecular weight excluding hydrogens is 262 g/mol. The first kappa shape index (κ1) is 12.7. The van der Waals surface area contributed by atoms with Crippen LogP contribution in [0, 0.1) is 0 Å². The number of nitrogens with one attached hydrogen (secondary N) is 2. The van der Waals surface area contributed by atoms with E-state index in [2.05, 4.69) is 15.8 Å². The fourth-order valence-corrected chi connectivity index (χ4v) is 2.05. The summed E-state index contributed by atoms with van der Waals surface area (Å²) in [5.41, 5.74) is 3.97. The highest BCUT2D eigenvalue weighted by atomic mass is 32.1. The van der Waals surface area contributed by atoms with Crippen molar-refractivity contribution in [2.45, 2.75) is 6.54 Å². The van der Waals surface area contributed by atoms with Crippen LogP contribution in [0.1, 0.15) is 10.4 Å². The van der Waals surface area contributed by atoms with Crippen molar-refractivity contribution in [3.8, 4) is 0 Å². The molecule has 0 radical (unpaired) electrons. The normalized spacial score (nSPS) is 10.4. The molecule has 0 bridgehead atoms. The minimum absolute atomic E-state index is 0.520. The number of hydrogen-bond acceptors (Lipinski definition) is 3. The van der Waals surface area contributed by atoms with E-state index in [1.807, 2.05) is 47.8 Å². The standard InChI is InChI=1S/C13H13N3S2/c17-13(14-9-11-5-2-1-3-6-11)16-15-10-12-7-4-8-18-12/h1-8,10H,9H2,(H2,14,16,17)/b15-10+. The van der Waals surface area contributed by atoms with Gasteiger partial charge in [-0.25, -0.2) is 0 Å². The van der Waals surface area contributed by atoms with Crippen molar-refractivity contribution in [1.82, 2.24) is 10.7 Å². The number of hydrogen-bond donors (Lipinski definition) is 2. The molecule has 1 heterocycles. The number of hydrazone groups is 1. The molecule has 3 nitrogen and oxygen atoms in total. The molecule has 2 aromatic rings. The SMILES string of the molecule is S=C(NCc1ccccc1)N/N=C/c1cccs1. The summed E-state index contributed by atoms with van der Waals surface area (Å²) in [5, 5.41) is 9.67. The van der Waals surface area contributed by atoms with Gasteiger partial charge in [-0.1, -0.05) is 36.4 Å². The third kappa shape index (κ3) is 4.27. The van der Waals surface area contributed by atoms with Gasteiger partial charge in [0.15, 0.2) is 5.11 Å². The summed E-state index contributed by atoms with van der Waals surface area (Å²) in [7, 11) is 0. The van der Waals surface area contributed by atoms with Crippen molar-refractivity contribution in [3.63, 3.8) is 0 Å². The van der Waals surface area contributed by atoms with Crippen LogP contribution in [0.5, 0.6) is 0 Å². The zero-order chi connectivity index (χ0) is 12.6. The smallest absolute Gasteiger partial charge is 0.187 e. The number of rotatable bonds is 4. The van der Waals surface area contributed by atoms with Gasteiger partial charge in [-0.15, -0.1) is 11.3 Å². The van der Waals surface area contributed by atoms with E-state index in [0.29, 0.717) is 11.7 Å². The fourth-order valence-electron chi connectivity index (χ4n) is 1.34. The number of thiocarbonyl (C=S) groups is 1. The monoisotopic (exact) mass is 275 g/mol. The molecule has 5 heteroatoms. The van der Waals surface area contributed by atoms with Crippen LogP contribution < -0.4 is 10.7 Å². The van der Waals surface area contributed by atoms with Crippen LogP contribution in [0.15, 0.2) is 52.9 Å². The van der Waals surface area contributed by atoms with Crippen LogP contribution in [0.2, 0.25) is 0 Å². The summed E-state index contributed by atoms with van der Waals surface area (Å²) in [6, 6.07) is 14.1. The summed E-state index contributed by atoms with van der Waals surface area (Å²) in [6.07, 6.45) is 1.75. The highest BCUT2D eigenvalue weighted by molar-refractivity contribution is 7.80. The molecule has 2 N–H and O–H groups in total. The predicted octanol–water partition coefficient (Wildman–Crippen LogP) is 2.75. The zero-order valence-corrected chi connectivity index (χ0v) is 11.3. The van der Waals surface area contributed by atoms with Gasteiger partial charge in [0, 0.05) is 11.4 Å². The molecule has 0 spiro atoms. The third-order valence-corrected chi connectivity index (χ3v) is 3.24. The summed E-state index contributed by atoms with van der Waals surface area (Å²) < 4.78 is 0. The van der Waals surface area contributed by atoms with Crippen LogP contribution in [0.25, 0.3) is 0 Å². The second kappa shape index (κ2) is 6.88. The van der Waals surface area contributed by atoms with E-state index in [4.69, 9.17) is 12.2 Å². The summed E-state index contributed by atoms with van der Waals surface area (Å²) in [5.74, 6) is 0. The molecule has 0 aliphatic carbocycles. The van der Waals surface area contributed by atoms with Crippen LogP contribution in [-0.4, -0.2) is 11.3 Å². The summed E-state index contributed by atoms with van der Waals surface area (Å²) in [6.45, 7) is 0.696. The number of nitrogens with zero attached hydrogens (tertiary/aromatic N) is 1. The van der Waals surface area contributed by atoms with Crippen molar-refractivity contribution in [2.75, 3.05) is 0 Å². The van der Waals surface area contributed by atoms with Crippen LogP contribution in [0.3, 0.4) is 0 Å². The Kier molecular flexibility index (Phi) is 4.87. The Morgan fingerprint density at radius 1 is 1.22 bits per heavy atom. The molecule has 2 rings (SSSR count). The maximum atomic E-state index is 5.12. The first-order valence-corrected chi connectivity index (χ1v) is 6.78. The van der Waals surface area contributed by atoms with E-state index < -0.39 is 0 Å². The Morgan fingerprint density at radius 3 is 2.78 bits per heavy atom. The van der Waals surface area contributed by atoms with Gasteiger partial charge < -0.3 is 5.32 Å². The molecule has 0 fully saturated rings. The third-order valence-electron chi connectivity index (χ3n) is 2.20. The highest BCUT2D eigenvalue weighted by Gasteiger charge is 1.94. The maximum absolute atomic E-state index is 5.12. The topological polar surface area (TPSA) is 36.4 Å².